The van der Waals surface area contributed by atoms with E-state index >= 15 is 0 Å². The Morgan fingerprint density at radius 3 is 2.27 bits per heavy atom. The molecule has 0 unspecified atom stereocenters. The summed E-state index contributed by atoms with van der Waals surface area (Å²) in [4.78, 5) is 13.8. The van der Waals surface area contributed by atoms with Gasteiger partial charge in [-0.1, -0.05) is 39.8 Å². The molecular formula is C19H21N3. The number of pyridine rings is 1. The van der Waals surface area contributed by atoms with Crippen LogP contribution in [0.5, 0.6) is 0 Å². The Bertz CT molecular complexity index is 789. The van der Waals surface area contributed by atoms with Crippen molar-refractivity contribution in [3.8, 4) is 11.4 Å². The highest BCUT2D eigenvalue weighted by Gasteiger charge is 2.09. The minimum absolute atomic E-state index is 0.431. The standard InChI is InChI=1S/C19H21N3/c1-12(2)15-6-5-7-18-16(15)11-21-19(22-18)14-8-9-17(13(3)4)20-10-14/h5-13H,1-4H3. The molecule has 0 saturated heterocycles. The van der Waals surface area contributed by atoms with E-state index in [9.17, 15) is 0 Å². The first-order valence-corrected chi connectivity index (χ1v) is 7.78. The number of aromatic nitrogens is 3. The van der Waals surface area contributed by atoms with Crippen LogP contribution in [0.3, 0.4) is 0 Å². The molecular weight excluding hydrogens is 270 g/mol. The van der Waals surface area contributed by atoms with Gasteiger partial charge in [-0.25, -0.2) is 9.97 Å². The molecule has 1 aromatic carbocycles. The van der Waals surface area contributed by atoms with E-state index in [4.69, 9.17) is 4.98 Å². The van der Waals surface area contributed by atoms with Gasteiger partial charge in [-0.2, -0.15) is 0 Å². The van der Waals surface area contributed by atoms with E-state index in [0.29, 0.717) is 11.8 Å². The van der Waals surface area contributed by atoms with Crippen molar-refractivity contribution >= 4 is 10.9 Å². The van der Waals surface area contributed by atoms with Crippen LogP contribution in [-0.4, -0.2) is 15.0 Å². The van der Waals surface area contributed by atoms with Crippen molar-refractivity contribution in [2.75, 3.05) is 0 Å². The molecule has 0 aliphatic carbocycles. The molecule has 2 heterocycles. The first-order chi connectivity index (χ1) is 10.6. The number of hydrogen-bond donors (Lipinski definition) is 0. The lowest BCUT2D eigenvalue weighted by atomic mass is 9.99. The highest BCUT2D eigenvalue weighted by Crippen LogP contribution is 2.25. The van der Waals surface area contributed by atoms with E-state index in [1.165, 1.54) is 5.56 Å². The van der Waals surface area contributed by atoms with Crippen LogP contribution in [0.1, 0.15) is 50.8 Å². The minimum atomic E-state index is 0.431. The third kappa shape index (κ3) is 2.71. The van der Waals surface area contributed by atoms with E-state index < -0.39 is 0 Å². The molecule has 112 valence electrons. The quantitative estimate of drug-likeness (QED) is 0.686. The van der Waals surface area contributed by atoms with E-state index in [1.54, 1.807) is 0 Å². The fourth-order valence-corrected chi connectivity index (χ4v) is 2.60. The molecule has 0 atom stereocenters. The van der Waals surface area contributed by atoms with Gasteiger partial charge in [0.05, 0.1) is 5.52 Å². The second kappa shape index (κ2) is 5.84. The number of hydrogen-bond acceptors (Lipinski definition) is 3. The molecule has 3 rings (SSSR count). The van der Waals surface area contributed by atoms with Gasteiger partial charge in [0.1, 0.15) is 0 Å². The normalized spacial score (nSPS) is 11.5. The van der Waals surface area contributed by atoms with Crippen molar-refractivity contribution in [3.05, 3.63) is 54.0 Å². The number of benzene rings is 1. The summed E-state index contributed by atoms with van der Waals surface area (Å²) in [6.07, 6.45) is 3.80. The van der Waals surface area contributed by atoms with Crippen LogP contribution in [0.2, 0.25) is 0 Å². The molecule has 22 heavy (non-hydrogen) atoms. The molecule has 3 heteroatoms. The molecule has 0 spiro atoms. The Balaban J connectivity index is 2.05. The van der Waals surface area contributed by atoms with E-state index in [-0.39, 0.29) is 0 Å². The van der Waals surface area contributed by atoms with Gasteiger partial charge in [-0.05, 0) is 35.6 Å². The first kappa shape index (κ1) is 14.6. The van der Waals surface area contributed by atoms with Crippen molar-refractivity contribution in [1.29, 1.82) is 0 Å². The maximum absolute atomic E-state index is 4.71. The lowest BCUT2D eigenvalue weighted by Crippen LogP contribution is -1.96. The van der Waals surface area contributed by atoms with Gasteiger partial charge in [-0.15, -0.1) is 0 Å². The summed E-state index contributed by atoms with van der Waals surface area (Å²) < 4.78 is 0. The van der Waals surface area contributed by atoms with E-state index in [1.807, 2.05) is 18.5 Å². The van der Waals surface area contributed by atoms with Crippen LogP contribution in [0.15, 0.2) is 42.7 Å². The van der Waals surface area contributed by atoms with Crippen LogP contribution >= 0.6 is 0 Å². The molecule has 0 radical (unpaired) electrons. The van der Waals surface area contributed by atoms with Gasteiger partial charge in [0.15, 0.2) is 5.82 Å². The lowest BCUT2D eigenvalue weighted by molar-refractivity contribution is 0.823. The predicted molar refractivity (Wildman–Crippen MR) is 90.9 cm³/mol. The van der Waals surface area contributed by atoms with Crippen LogP contribution < -0.4 is 0 Å². The zero-order chi connectivity index (χ0) is 15.7. The van der Waals surface area contributed by atoms with Crippen LogP contribution in [0.25, 0.3) is 22.3 Å². The molecule has 0 aliphatic heterocycles. The molecule has 0 N–H and O–H groups in total. The van der Waals surface area contributed by atoms with Gasteiger partial charge < -0.3 is 0 Å². The van der Waals surface area contributed by atoms with Crippen LogP contribution in [-0.2, 0) is 0 Å². The van der Waals surface area contributed by atoms with Gasteiger partial charge in [-0.3, -0.25) is 4.98 Å². The van der Waals surface area contributed by atoms with Gasteiger partial charge in [0, 0.05) is 29.0 Å². The Kier molecular flexibility index (Phi) is 3.88. The number of nitrogens with zero attached hydrogens (tertiary/aromatic N) is 3. The summed E-state index contributed by atoms with van der Waals surface area (Å²) in [7, 11) is 0. The maximum Gasteiger partial charge on any atom is 0.161 e. The maximum atomic E-state index is 4.71. The predicted octanol–water partition coefficient (Wildman–Crippen LogP) is 4.94. The van der Waals surface area contributed by atoms with Gasteiger partial charge >= 0.3 is 0 Å². The number of rotatable bonds is 3. The summed E-state index contributed by atoms with van der Waals surface area (Å²) in [6, 6.07) is 10.4. The van der Waals surface area contributed by atoms with E-state index in [0.717, 1.165) is 28.0 Å². The first-order valence-electron chi connectivity index (χ1n) is 7.78. The highest BCUT2D eigenvalue weighted by atomic mass is 14.9. The van der Waals surface area contributed by atoms with Gasteiger partial charge in [0.25, 0.3) is 0 Å². The molecule has 0 aliphatic rings. The van der Waals surface area contributed by atoms with Crippen molar-refractivity contribution in [3.63, 3.8) is 0 Å². The SMILES string of the molecule is CC(C)c1ccc(-c2ncc3c(C(C)C)cccc3n2)cn1. The van der Waals surface area contributed by atoms with Crippen molar-refractivity contribution in [2.24, 2.45) is 0 Å². The molecule has 0 saturated carbocycles. The summed E-state index contributed by atoms with van der Waals surface area (Å²) >= 11 is 0. The van der Waals surface area contributed by atoms with Crippen molar-refractivity contribution in [1.82, 2.24) is 15.0 Å². The molecule has 0 amide bonds. The van der Waals surface area contributed by atoms with Gasteiger partial charge in [0.2, 0.25) is 0 Å². The Morgan fingerprint density at radius 1 is 0.818 bits per heavy atom. The Morgan fingerprint density at radius 2 is 1.64 bits per heavy atom. The molecule has 2 aromatic heterocycles. The van der Waals surface area contributed by atoms with Crippen LogP contribution in [0.4, 0.5) is 0 Å². The topological polar surface area (TPSA) is 38.7 Å². The average Bonchev–Trinajstić information content (AvgIpc) is 2.53. The summed E-state index contributed by atoms with van der Waals surface area (Å²) in [6.45, 7) is 8.67. The fourth-order valence-electron chi connectivity index (χ4n) is 2.60. The molecule has 3 aromatic rings. The lowest BCUT2D eigenvalue weighted by Gasteiger charge is -2.10. The second-order valence-electron chi connectivity index (χ2n) is 6.25. The summed E-state index contributed by atoms with van der Waals surface area (Å²) in [5.74, 6) is 1.63. The average molecular weight is 291 g/mol. The third-order valence-electron chi connectivity index (χ3n) is 3.92. The van der Waals surface area contributed by atoms with Crippen LogP contribution in [0, 0.1) is 0 Å². The minimum Gasteiger partial charge on any atom is -0.260 e. The summed E-state index contributed by atoms with van der Waals surface area (Å²) in [5, 5.41) is 1.13. The monoisotopic (exact) mass is 291 g/mol. The highest BCUT2D eigenvalue weighted by molar-refractivity contribution is 5.83. The molecule has 0 bridgehead atoms. The zero-order valence-electron chi connectivity index (χ0n) is 13.5. The number of fused-ring (bicyclic) bond motifs is 1. The molecule has 0 fully saturated rings. The Labute approximate surface area is 131 Å². The van der Waals surface area contributed by atoms with Crippen molar-refractivity contribution in [2.45, 2.75) is 39.5 Å². The molecule has 3 nitrogen and oxygen atoms in total. The third-order valence-corrected chi connectivity index (χ3v) is 3.92. The zero-order valence-corrected chi connectivity index (χ0v) is 13.5. The largest absolute Gasteiger partial charge is 0.260 e. The second-order valence-corrected chi connectivity index (χ2v) is 6.25. The smallest absolute Gasteiger partial charge is 0.161 e. The summed E-state index contributed by atoms with van der Waals surface area (Å²) in [5.41, 5.74) is 4.33. The fraction of sp³-hybridized carbons (Fsp3) is 0.316. The van der Waals surface area contributed by atoms with Crippen molar-refractivity contribution < 1.29 is 0 Å². The van der Waals surface area contributed by atoms with E-state index in [2.05, 4.69) is 61.9 Å². The Hall–Kier alpha value is -2.29.